The molecule has 4 rings (SSSR count). The quantitative estimate of drug-likeness (QED) is 0.609. The summed E-state index contributed by atoms with van der Waals surface area (Å²) in [7, 11) is 1.25. The van der Waals surface area contributed by atoms with Gasteiger partial charge < -0.3 is 15.8 Å². The Morgan fingerprint density at radius 3 is 2.65 bits per heavy atom. The fourth-order valence-electron chi connectivity index (χ4n) is 3.90. The number of methoxy groups -OCH3 is 1. The average Bonchev–Trinajstić information content (AvgIpc) is 3.44. The van der Waals surface area contributed by atoms with Crippen molar-refractivity contribution >= 4 is 46.6 Å². The van der Waals surface area contributed by atoms with E-state index in [-0.39, 0.29) is 23.4 Å². The predicted molar refractivity (Wildman–Crippen MR) is 130 cm³/mol. The molecule has 8 nitrogen and oxygen atoms in total. The van der Waals surface area contributed by atoms with Crippen molar-refractivity contribution < 1.29 is 19.1 Å². The Bertz CT molecular complexity index is 1290. The maximum absolute atomic E-state index is 13.7. The summed E-state index contributed by atoms with van der Waals surface area (Å²) in [6.45, 7) is 3.93. The van der Waals surface area contributed by atoms with Crippen LogP contribution in [-0.4, -0.2) is 35.0 Å². The Morgan fingerprint density at radius 1 is 1.26 bits per heavy atom. The van der Waals surface area contributed by atoms with E-state index in [4.69, 9.17) is 10.5 Å². The number of carbonyl (C=O) groups is 3. The second-order valence-electron chi connectivity index (χ2n) is 7.89. The molecule has 2 amide bonds. The van der Waals surface area contributed by atoms with E-state index in [1.165, 1.54) is 23.3 Å². The van der Waals surface area contributed by atoms with Crippen molar-refractivity contribution in [1.29, 1.82) is 5.26 Å². The Labute approximate surface area is 205 Å². The van der Waals surface area contributed by atoms with Gasteiger partial charge in [-0.2, -0.15) is 5.26 Å². The molecule has 0 unspecified atom stereocenters. The molecule has 0 radical (unpaired) electrons. The molecule has 10 heteroatoms. The van der Waals surface area contributed by atoms with Crippen molar-refractivity contribution in [3.8, 4) is 6.07 Å². The van der Waals surface area contributed by atoms with Crippen LogP contribution in [0.2, 0.25) is 0 Å². The zero-order valence-electron chi connectivity index (χ0n) is 18.7. The number of ether oxygens (including phenoxy) is 1. The summed E-state index contributed by atoms with van der Waals surface area (Å²) in [5.74, 6) is -2.22. The second kappa shape index (κ2) is 9.37. The van der Waals surface area contributed by atoms with Gasteiger partial charge in [0.05, 0.1) is 41.7 Å². The Hall–Kier alpha value is -3.55. The van der Waals surface area contributed by atoms with E-state index in [9.17, 15) is 19.6 Å². The third-order valence-electron chi connectivity index (χ3n) is 5.81. The van der Waals surface area contributed by atoms with Gasteiger partial charge in [-0.1, -0.05) is 23.9 Å². The van der Waals surface area contributed by atoms with Crippen molar-refractivity contribution in [2.75, 3.05) is 12.4 Å². The summed E-state index contributed by atoms with van der Waals surface area (Å²) < 4.78 is 4.72. The molecule has 2 aromatic rings. The van der Waals surface area contributed by atoms with Gasteiger partial charge in [0.1, 0.15) is 11.1 Å². The van der Waals surface area contributed by atoms with Gasteiger partial charge in [0.25, 0.3) is 5.91 Å². The van der Waals surface area contributed by atoms with Gasteiger partial charge in [-0.3, -0.25) is 19.3 Å². The predicted octanol–water partition coefficient (Wildman–Crippen LogP) is 3.51. The van der Waals surface area contributed by atoms with Crippen LogP contribution in [0.4, 0.5) is 5.69 Å². The number of nitriles is 1. The van der Waals surface area contributed by atoms with Crippen LogP contribution in [0.15, 0.2) is 57.7 Å². The molecule has 2 aliphatic rings. The van der Waals surface area contributed by atoms with Crippen LogP contribution in [0.3, 0.4) is 0 Å². The van der Waals surface area contributed by atoms with Gasteiger partial charge in [-0.05, 0) is 48.6 Å². The topological polar surface area (TPSA) is 126 Å². The number of hydrogen-bond acceptors (Lipinski definition) is 8. The number of nitrogens with one attached hydrogen (secondary N) is 1. The highest BCUT2D eigenvalue weighted by Gasteiger charge is 2.48. The lowest BCUT2D eigenvalue weighted by Gasteiger charge is -2.31. The van der Waals surface area contributed by atoms with Crippen molar-refractivity contribution in [1.82, 2.24) is 4.90 Å². The molecular weight excluding hydrogens is 472 g/mol. The van der Waals surface area contributed by atoms with Gasteiger partial charge in [-0.15, -0.1) is 11.3 Å². The fourth-order valence-corrected chi connectivity index (χ4v) is 6.07. The van der Waals surface area contributed by atoms with Crippen LogP contribution in [0.1, 0.15) is 28.3 Å². The highest BCUT2D eigenvalue weighted by molar-refractivity contribution is 8.04. The lowest BCUT2D eigenvalue weighted by atomic mass is 9.87. The van der Waals surface area contributed by atoms with Crippen LogP contribution in [0.5, 0.6) is 0 Å². The Balaban J connectivity index is 1.84. The standard InChI is InChI=1S/C24H22N4O4S2/c1-12-6-7-14(9-13(12)2)27-22(30)20-19(16-5-4-8-33-16)15(11-25)21(26)28-23(31)17(34-24(20)28)10-18(29)32-3/h4-9,17,19H,10,26H2,1-3H3,(H,27,30)/t17-,19-/m0/s1. The maximum atomic E-state index is 13.7. The van der Waals surface area contributed by atoms with Crippen LogP contribution in [-0.2, 0) is 19.1 Å². The molecule has 34 heavy (non-hydrogen) atoms. The number of rotatable bonds is 5. The number of fused-ring (bicyclic) bond motifs is 1. The number of nitrogens with zero attached hydrogens (tertiary/aromatic N) is 2. The molecule has 1 aromatic heterocycles. The average molecular weight is 495 g/mol. The molecule has 3 N–H and O–H groups in total. The molecular formula is C24H22N4O4S2. The van der Waals surface area contributed by atoms with Gasteiger partial charge in [0.2, 0.25) is 5.91 Å². The van der Waals surface area contributed by atoms with Gasteiger partial charge in [0.15, 0.2) is 0 Å². The molecule has 3 heterocycles. The number of nitrogens with two attached hydrogens (primary N) is 1. The Kier molecular flexibility index (Phi) is 6.50. The van der Waals surface area contributed by atoms with Crippen molar-refractivity contribution in [2.24, 2.45) is 5.73 Å². The van der Waals surface area contributed by atoms with Crippen molar-refractivity contribution in [2.45, 2.75) is 31.4 Å². The van der Waals surface area contributed by atoms with Crippen LogP contribution >= 0.6 is 23.1 Å². The smallest absolute Gasteiger partial charge is 0.307 e. The normalized spacial score (nSPS) is 19.7. The number of amides is 2. The number of thiophene rings is 1. The largest absolute Gasteiger partial charge is 0.469 e. The molecule has 1 fully saturated rings. The summed E-state index contributed by atoms with van der Waals surface area (Å²) in [5, 5.41) is 14.3. The van der Waals surface area contributed by atoms with Gasteiger partial charge in [-0.25, -0.2) is 0 Å². The first-order chi connectivity index (χ1) is 16.3. The number of carbonyl (C=O) groups excluding carboxylic acids is 3. The van der Waals surface area contributed by atoms with Crippen LogP contribution in [0.25, 0.3) is 0 Å². The monoisotopic (exact) mass is 494 g/mol. The zero-order chi connectivity index (χ0) is 24.6. The van der Waals surface area contributed by atoms with E-state index in [1.807, 2.05) is 43.5 Å². The molecule has 174 valence electrons. The van der Waals surface area contributed by atoms with Crippen LogP contribution < -0.4 is 11.1 Å². The van der Waals surface area contributed by atoms with Crippen molar-refractivity contribution in [3.63, 3.8) is 0 Å². The third-order valence-corrected chi connectivity index (χ3v) is 8.03. The first-order valence-electron chi connectivity index (χ1n) is 10.4. The van der Waals surface area contributed by atoms with E-state index in [0.717, 1.165) is 27.8 Å². The number of anilines is 1. The molecule has 1 saturated heterocycles. The zero-order valence-corrected chi connectivity index (χ0v) is 20.4. The first kappa shape index (κ1) is 23.6. The summed E-state index contributed by atoms with van der Waals surface area (Å²) in [6.07, 6.45) is -0.176. The Morgan fingerprint density at radius 2 is 2.03 bits per heavy atom. The summed E-state index contributed by atoms with van der Waals surface area (Å²) >= 11 is 2.48. The minimum absolute atomic E-state index is 0.0245. The van der Waals surface area contributed by atoms with E-state index in [1.54, 1.807) is 6.07 Å². The maximum Gasteiger partial charge on any atom is 0.307 e. The van der Waals surface area contributed by atoms with E-state index in [0.29, 0.717) is 10.7 Å². The lowest BCUT2D eigenvalue weighted by molar-refractivity contribution is -0.142. The number of aryl methyl sites for hydroxylation is 2. The molecule has 2 aliphatic heterocycles. The van der Waals surface area contributed by atoms with Crippen LogP contribution in [0, 0.1) is 25.2 Å². The minimum Gasteiger partial charge on any atom is -0.469 e. The second-order valence-corrected chi connectivity index (χ2v) is 10.1. The minimum atomic E-state index is -0.813. The molecule has 0 spiro atoms. The highest BCUT2D eigenvalue weighted by Crippen LogP contribution is 2.50. The summed E-state index contributed by atoms with van der Waals surface area (Å²) in [4.78, 5) is 40.7. The molecule has 0 bridgehead atoms. The summed E-state index contributed by atoms with van der Waals surface area (Å²) in [6, 6.07) is 11.3. The fraction of sp³-hybridized carbons (Fsp3) is 0.250. The summed E-state index contributed by atoms with van der Waals surface area (Å²) in [5.41, 5.74) is 9.37. The first-order valence-corrected chi connectivity index (χ1v) is 12.2. The van der Waals surface area contributed by atoms with Crippen molar-refractivity contribution in [3.05, 3.63) is 73.7 Å². The molecule has 2 atom stereocenters. The number of allylic oxidation sites excluding steroid dienone is 1. The highest BCUT2D eigenvalue weighted by atomic mass is 32.2. The van der Waals surface area contributed by atoms with Gasteiger partial charge in [0, 0.05) is 10.6 Å². The van der Waals surface area contributed by atoms with Gasteiger partial charge >= 0.3 is 5.97 Å². The van der Waals surface area contributed by atoms with E-state index < -0.39 is 29.0 Å². The van der Waals surface area contributed by atoms with E-state index >= 15 is 0 Å². The van der Waals surface area contributed by atoms with E-state index in [2.05, 4.69) is 11.4 Å². The lowest BCUT2D eigenvalue weighted by Crippen LogP contribution is -2.39. The number of thioether (sulfide) groups is 1. The SMILES string of the molecule is COC(=O)C[C@@H]1SC2=C(C(=O)Nc3ccc(C)c(C)c3)[C@H](c3cccs3)C(C#N)=C(N)N2C1=O. The molecule has 1 aromatic carbocycles. The number of hydrogen-bond donors (Lipinski definition) is 2. The third kappa shape index (κ3) is 4.08. The molecule has 0 aliphatic carbocycles. The number of esters is 1. The molecule has 0 saturated carbocycles. The number of benzene rings is 1.